The monoisotopic (exact) mass is 615 g/mol. The van der Waals surface area contributed by atoms with Crippen LogP contribution in [0.5, 0.6) is 5.88 Å². The lowest BCUT2D eigenvalue weighted by molar-refractivity contribution is -0.219. The number of nitrogens with zero attached hydrogens (tertiary/aromatic N) is 4. The number of hydrogen-bond acceptors (Lipinski definition) is 8. The molecule has 0 saturated carbocycles. The highest BCUT2D eigenvalue weighted by atomic mass is 32.2. The molecule has 1 fully saturated rings. The fourth-order valence-electron chi connectivity index (χ4n) is 4.66. The van der Waals surface area contributed by atoms with Gasteiger partial charge in [0.2, 0.25) is 5.88 Å². The van der Waals surface area contributed by atoms with Gasteiger partial charge in [0.15, 0.2) is 5.82 Å². The van der Waals surface area contributed by atoms with E-state index >= 15 is 0 Å². The third-order valence-electron chi connectivity index (χ3n) is 6.75. The molecule has 1 aliphatic heterocycles. The molecule has 0 aromatic carbocycles. The summed E-state index contributed by atoms with van der Waals surface area (Å²) in [6, 6.07) is 4.29. The molecule has 1 amide bonds. The van der Waals surface area contributed by atoms with E-state index in [0.29, 0.717) is 13.0 Å². The van der Waals surface area contributed by atoms with Crippen LogP contribution in [0.1, 0.15) is 65.2 Å². The van der Waals surface area contributed by atoms with Crippen molar-refractivity contribution in [1.82, 2.24) is 19.5 Å². The molecule has 0 spiro atoms. The predicted molar refractivity (Wildman–Crippen MR) is 155 cm³/mol. The van der Waals surface area contributed by atoms with Gasteiger partial charge in [0, 0.05) is 29.1 Å². The van der Waals surface area contributed by atoms with Crippen LogP contribution in [0, 0.1) is 5.41 Å². The number of carbonyl (C=O) groups is 1. The van der Waals surface area contributed by atoms with Crippen LogP contribution in [0.3, 0.4) is 0 Å². The predicted octanol–water partition coefficient (Wildman–Crippen LogP) is 5.45. The van der Waals surface area contributed by atoms with E-state index in [0.717, 1.165) is 13.8 Å². The number of amides is 1. The number of anilines is 1. The summed E-state index contributed by atoms with van der Waals surface area (Å²) in [4.78, 5) is 19.8. The van der Waals surface area contributed by atoms with Gasteiger partial charge in [-0.1, -0.05) is 12.7 Å². The van der Waals surface area contributed by atoms with Crippen molar-refractivity contribution in [3.63, 3.8) is 0 Å². The Morgan fingerprint density at radius 2 is 1.88 bits per heavy atom. The summed E-state index contributed by atoms with van der Waals surface area (Å²) in [5.74, 6) is -0.487. The molecule has 1 aliphatic rings. The van der Waals surface area contributed by atoms with Gasteiger partial charge in [0.1, 0.15) is 12.4 Å². The van der Waals surface area contributed by atoms with E-state index in [-0.39, 0.29) is 33.6 Å². The topological polar surface area (TPSA) is 106 Å². The van der Waals surface area contributed by atoms with E-state index in [1.54, 1.807) is 0 Å². The first-order valence-electron chi connectivity index (χ1n) is 12.8. The Morgan fingerprint density at radius 3 is 2.39 bits per heavy atom. The summed E-state index contributed by atoms with van der Waals surface area (Å²) in [7, 11) is -4.21. The minimum atomic E-state index is -4.46. The van der Waals surface area contributed by atoms with Gasteiger partial charge in [-0.05, 0) is 72.6 Å². The molecule has 0 unspecified atom stereocenters. The second-order valence-electron chi connectivity index (χ2n) is 11.7. The number of thiol groups is 1. The second-order valence-corrected chi connectivity index (χ2v) is 14.5. The Labute approximate surface area is 244 Å². The fraction of sp³-hybridized carbons (Fsp3) is 0.519. The molecule has 0 bridgehead atoms. The van der Waals surface area contributed by atoms with Gasteiger partial charge in [0.25, 0.3) is 15.9 Å². The van der Waals surface area contributed by atoms with Crippen molar-refractivity contribution in [2.45, 2.75) is 71.3 Å². The van der Waals surface area contributed by atoms with Crippen molar-refractivity contribution in [2.75, 3.05) is 18.1 Å². The number of sulfonamides is 1. The Morgan fingerprint density at radius 1 is 1.24 bits per heavy atom. The highest BCUT2D eigenvalue weighted by Gasteiger charge is 2.48. The second kappa shape index (κ2) is 11.0. The highest BCUT2D eigenvalue weighted by Crippen LogP contribution is 2.43. The number of aromatic nitrogens is 3. The maximum atomic E-state index is 13.4. The quantitative estimate of drug-likeness (QED) is 0.285. The molecular formula is C27H36F3N5O4S2. The van der Waals surface area contributed by atoms with Crippen molar-refractivity contribution < 1.29 is 31.1 Å². The lowest BCUT2D eigenvalue weighted by Crippen LogP contribution is -2.41. The molecular weight excluding hydrogens is 579 g/mol. The number of allylic oxidation sites excluding steroid dienone is 2. The summed E-state index contributed by atoms with van der Waals surface area (Å²) >= 11 is 4.76. The van der Waals surface area contributed by atoms with Crippen LogP contribution in [-0.4, -0.2) is 58.7 Å². The Bertz CT molecular complexity index is 1480. The zero-order valence-corrected chi connectivity index (χ0v) is 25.8. The smallest absolute Gasteiger partial charge is 0.397 e. The molecule has 1 saturated heterocycles. The van der Waals surface area contributed by atoms with Gasteiger partial charge >= 0.3 is 6.18 Å². The molecule has 1 N–H and O–H groups in total. The van der Waals surface area contributed by atoms with Gasteiger partial charge in [0.05, 0.1) is 15.9 Å². The first-order chi connectivity index (χ1) is 18.6. The molecule has 2 aromatic rings. The van der Waals surface area contributed by atoms with Gasteiger partial charge in [-0.3, -0.25) is 4.79 Å². The third kappa shape index (κ3) is 7.08. The van der Waals surface area contributed by atoms with Crippen LogP contribution in [0.25, 0.3) is 5.82 Å². The summed E-state index contributed by atoms with van der Waals surface area (Å²) in [5.41, 5.74) is -2.33. The van der Waals surface area contributed by atoms with Crippen molar-refractivity contribution in [3.8, 4) is 11.7 Å². The standard InChI is InChI=1S/C27H36F3N5O4S2/c1-9-19(17(2)3)41(37,38)33-23(36)18-10-11-20(31-22(18)34-15-26(8,40)14-25(34,6)7)35-13-12-21(32-35)39-16-24(4,5)27(28,29)30/h9-13,40H,2,14-16H2,1,3-8H3,(H,33,36)/b19-9+/t26-/m1/s1. The van der Waals surface area contributed by atoms with E-state index in [4.69, 9.17) is 17.4 Å². The van der Waals surface area contributed by atoms with Gasteiger partial charge < -0.3 is 9.64 Å². The van der Waals surface area contributed by atoms with Crippen LogP contribution in [0.2, 0.25) is 0 Å². The van der Waals surface area contributed by atoms with Gasteiger partial charge in [-0.25, -0.2) is 22.8 Å². The molecule has 3 rings (SSSR count). The summed E-state index contributed by atoms with van der Waals surface area (Å²) in [5, 5.41) is 4.20. The molecule has 0 aliphatic carbocycles. The SMILES string of the molecule is C=C(C)/C(=C\C)S(=O)(=O)NC(=O)c1ccc(-n2ccc(OCC(C)(C)C(F)(F)F)n2)nc1N1C[C@](C)(S)CC1(C)C. The van der Waals surface area contributed by atoms with Crippen LogP contribution >= 0.6 is 12.6 Å². The van der Waals surface area contributed by atoms with E-state index in [1.165, 1.54) is 49.0 Å². The number of pyridine rings is 1. The summed E-state index contributed by atoms with van der Waals surface area (Å²) in [6.45, 7) is 14.4. The minimum absolute atomic E-state index is 0.00385. The largest absolute Gasteiger partial charge is 0.476 e. The maximum absolute atomic E-state index is 13.4. The van der Waals surface area contributed by atoms with Gasteiger partial charge in [-0.15, -0.1) is 5.10 Å². The zero-order valence-electron chi connectivity index (χ0n) is 24.1. The molecule has 14 heteroatoms. The minimum Gasteiger partial charge on any atom is -0.476 e. The van der Waals surface area contributed by atoms with E-state index in [2.05, 4.69) is 21.4 Å². The molecule has 0 radical (unpaired) electrons. The van der Waals surface area contributed by atoms with Crippen molar-refractivity contribution >= 4 is 34.4 Å². The highest BCUT2D eigenvalue weighted by molar-refractivity contribution is 7.94. The summed E-state index contributed by atoms with van der Waals surface area (Å²) < 4.78 is 73.8. The van der Waals surface area contributed by atoms with Crippen LogP contribution in [0.15, 0.2) is 47.5 Å². The molecule has 41 heavy (non-hydrogen) atoms. The Kier molecular flexibility index (Phi) is 8.73. The molecule has 226 valence electrons. The van der Waals surface area contributed by atoms with Crippen molar-refractivity contribution in [1.29, 1.82) is 0 Å². The number of alkyl halides is 3. The molecule has 9 nitrogen and oxygen atoms in total. The van der Waals surface area contributed by atoms with Gasteiger partial charge in [-0.2, -0.15) is 25.8 Å². The van der Waals surface area contributed by atoms with E-state index in [9.17, 15) is 26.4 Å². The molecule has 3 heterocycles. The average molecular weight is 616 g/mol. The molecule has 2 aromatic heterocycles. The van der Waals surface area contributed by atoms with Crippen molar-refractivity contribution in [2.24, 2.45) is 5.41 Å². The normalized spacial score (nSPS) is 19.8. The third-order valence-corrected chi connectivity index (χ3v) is 8.67. The van der Waals surface area contributed by atoms with E-state index < -0.39 is 44.4 Å². The van der Waals surface area contributed by atoms with Crippen molar-refractivity contribution in [3.05, 3.63) is 53.1 Å². The average Bonchev–Trinajstić information content (AvgIpc) is 3.36. The van der Waals surface area contributed by atoms with Crippen LogP contribution in [0.4, 0.5) is 19.0 Å². The number of rotatable bonds is 9. The number of halogens is 3. The number of carbonyl (C=O) groups excluding carboxylic acids is 1. The number of ether oxygens (including phenoxy) is 1. The molecule has 1 atom stereocenters. The Hall–Kier alpha value is -3.00. The number of nitrogens with one attached hydrogen (secondary N) is 1. The van der Waals surface area contributed by atoms with Crippen LogP contribution < -0.4 is 14.4 Å². The fourth-order valence-corrected chi connectivity index (χ4v) is 6.42. The van der Waals surface area contributed by atoms with Crippen LogP contribution in [-0.2, 0) is 10.0 Å². The number of hydrogen-bond donors (Lipinski definition) is 2. The first kappa shape index (κ1) is 32.5. The first-order valence-corrected chi connectivity index (χ1v) is 14.7. The van der Waals surface area contributed by atoms with E-state index in [1.807, 2.05) is 25.7 Å². The lowest BCUT2D eigenvalue weighted by Gasteiger charge is -2.33. The summed E-state index contributed by atoms with van der Waals surface area (Å²) in [6.07, 6.45) is -1.00. The Balaban J connectivity index is 2.03. The lowest BCUT2D eigenvalue weighted by atomic mass is 9.94. The maximum Gasteiger partial charge on any atom is 0.397 e. The zero-order chi connectivity index (χ0) is 31.2.